The number of carbonyl (C=O) groups is 1. The number of hydrogen-bond donors (Lipinski definition) is 0. The van der Waals surface area contributed by atoms with Gasteiger partial charge in [0.1, 0.15) is 0 Å². The number of epoxide rings is 1. The van der Waals surface area contributed by atoms with Gasteiger partial charge < -0.3 is 19.3 Å². The second-order valence-corrected chi connectivity index (χ2v) is 13.1. The Labute approximate surface area is 223 Å². The van der Waals surface area contributed by atoms with Crippen LogP contribution in [0.4, 0.5) is 11.4 Å². The number of ether oxygens (including phenoxy) is 2. The summed E-state index contributed by atoms with van der Waals surface area (Å²) in [4.78, 5) is 23.3. The van der Waals surface area contributed by atoms with Gasteiger partial charge >= 0.3 is 0 Å². The van der Waals surface area contributed by atoms with Gasteiger partial charge in [0.05, 0.1) is 11.0 Å². The molecular formula is C30H46N4O3. The van der Waals surface area contributed by atoms with E-state index in [4.69, 9.17) is 9.47 Å². The number of anilines is 2. The SMILES string of the molecule is C[C@H]1CCCCN1[C@H]1CCN(c2ccc(N3CCC4(CCN(C5OC5OC(C)(C)C)CC4)C3=O)cc2)C1. The van der Waals surface area contributed by atoms with Crippen molar-refractivity contribution in [2.24, 2.45) is 5.41 Å². The van der Waals surface area contributed by atoms with E-state index in [2.05, 4.69) is 66.7 Å². The van der Waals surface area contributed by atoms with E-state index in [0.29, 0.717) is 11.9 Å². The van der Waals surface area contributed by atoms with Crippen molar-refractivity contribution in [1.29, 1.82) is 0 Å². The van der Waals surface area contributed by atoms with Crippen LogP contribution in [0.3, 0.4) is 0 Å². The number of amides is 1. The van der Waals surface area contributed by atoms with Gasteiger partial charge in [-0.05, 0) is 97.0 Å². The summed E-state index contributed by atoms with van der Waals surface area (Å²) in [6.45, 7) is 14.7. The van der Waals surface area contributed by atoms with Gasteiger partial charge in [0.25, 0.3) is 0 Å². The molecule has 0 N–H and O–H groups in total. The molecule has 204 valence electrons. The van der Waals surface area contributed by atoms with Crippen molar-refractivity contribution in [3.63, 3.8) is 0 Å². The van der Waals surface area contributed by atoms with Gasteiger partial charge in [0.15, 0.2) is 12.5 Å². The highest BCUT2D eigenvalue weighted by Gasteiger charge is 2.53. The summed E-state index contributed by atoms with van der Waals surface area (Å²) in [5, 5.41) is 0. The molecule has 5 aliphatic heterocycles. The number of hydrogen-bond acceptors (Lipinski definition) is 6. The number of benzene rings is 1. The summed E-state index contributed by atoms with van der Waals surface area (Å²) in [5.74, 6) is 0.319. The Balaban J connectivity index is 1.03. The van der Waals surface area contributed by atoms with Crippen LogP contribution in [-0.4, -0.2) is 85.2 Å². The van der Waals surface area contributed by atoms with Crippen LogP contribution in [-0.2, 0) is 14.3 Å². The third kappa shape index (κ3) is 5.17. The Morgan fingerprint density at radius 2 is 1.62 bits per heavy atom. The lowest BCUT2D eigenvalue weighted by molar-refractivity contribution is -0.128. The molecule has 1 amide bonds. The minimum absolute atomic E-state index is 0.0556. The number of nitrogens with zero attached hydrogens (tertiary/aromatic N) is 4. The van der Waals surface area contributed by atoms with E-state index in [9.17, 15) is 4.79 Å². The second kappa shape index (κ2) is 9.82. The average Bonchev–Trinajstić information content (AvgIpc) is 3.30. The van der Waals surface area contributed by atoms with Crippen molar-refractivity contribution in [3.05, 3.63) is 24.3 Å². The van der Waals surface area contributed by atoms with E-state index < -0.39 is 0 Å². The molecule has 7 nitrogen and oxygen atoms in total. The summed E-state index contributed by atoms with van der Waals surface area (Å²) in [7, 11) is 0. The zero-order valence-electron chi connectivity index (χ0n) is 23.3. The van der Waals surface area contributed by atoms with Crippen molar-refractivity contribution < 1.29 is 14.3 Å². The summed E-state index contributed by atoms with van der Waals surface area (Å²) >= 11 is 0. The average molecular weight is 511 g/mol. The second-order valence-electron chi connectivity index (χ2n) is 13.1. The zero-order valence-corrected chi connectivity index (χ0v) is 23.3. The van der Waals surface area contributed by atoms with Gasteiger partial charge in [-0.2, -0.15) is 0 Å². The normalized spacial score (nSPS) is 33.0. The molecule has 5 aliphatic rings. The van der Waals surface area contributed by atoms with E-state index in [1.807, 2.05) is 4.90 Å². The van der Waals surface area contributed by atoms with E-state index in [0.717, 1.165) is 63.7 Å². The quantitative estimate of drug-likeness (QED) is 0.546. The molecule has 6 rings (SSSR count). The van der Waals surface area contributed by atoms with E-state index >= 15 is 0 Å². The van der Waals surface area contributed by atoms with E-state index in [1.54, 1.807) is 0 Å². The van der Waals surface area contributed by atoms with Crippen molar-refractivity contribution >= 4 is 17.3 Å². The van der Waals surface area contributed by atoms with Crippen LogP contribution >= 0.6 is 0 Å². The molecule has 1 aromatic rings. The van der Waals surface area contributed by atoms with Crippen LogP contribution in [0, 0.1) is 5.41 Å². The molecule has 0 bridgehead atoms. The highest BCUT2D eigenvalue weighted by atomic mass is 16.8. The maximum absolute atomic E-state index is 13.7. The molecule has 5 saturated heterocycles. The predicted molar refractivity (Wildman–Crippen MR) is 147 cm³/mol. The van der Waals surface area contributed by atoms with Crippen LogP contribution in [0.15, 0.2) is 24.3 Å². The molecule has 2 unspecified atom stereocenters. The highest BCUT2D eigenvalue weighted by molar-refractivity contribution is 6.00. The first-order chi connectivity index (χ1) is 17.7. The topological polar surface area (TPSA) is 51.8 Å². The molecule has 1 spiro atoms. The molecule has 0 aromatic heterocycles. The first-order valence-corrected chi connectivity index (χ1v) is 14.7. The lowest BCUT2D eigenvalue weighted by atomic mass is 9.77. The van der Waals surface area contributed by atoms with Crippen LogP contribution in [0.5, 0.6) is 0 Å². The van der Waals surface area contributed by atoms with E-state index in [-0.39, 0.29) is 23.5 Å². The third-order valence-electron chi connectivity index (χ3n) is 9.54. The minimum Gasteiger partial charge on any atom is -0.370 e. The fourth-order valence-corrected chi connectivity index (χ4v) is 7.28. The predicted octanol–water partition coefficient (Wildman–Crippen LogP) is 4.46. The van der Waals surface area contributed by atoms with Crippen LogP contribution in [0.1, 0.15) is 72.6 Å². The molecule has 7 heteroatoms. The lowest BCUT2D eigenvalue weighted by Crippen LogP contribution is -2.46. The van der Waals surface area contributed by atoms with Crippen molar-refractivity contribution in [2.45, 2.75) is 103 Å². The van der Waals surface area contributed by atoms with Crippen molar-refractivity contribution in [3.8, 4) is 0 Å². The minimum atomic E-state index is -0.211. The molecule has 5 fully saturated rings. The van der Waals surface area contributed by atoms with Crippen LogP contribution < -0.4 is 9.80 Å². The highest BCUT2D eigenvalue weighted by Crippen LogP contribution is 2.45. The molecule has 1 aromatic carbocycles. The van der Waals surface area contributed by atoms with Crippen molar-refractivity contribution in [1.82, 2.24) is 9.80 Å². The van der Waals surface area contributed by atoms with Gasteiger partial charge in [-0.25, -0.2) is 0 Å². The maximum Gasteiger partial charge on any atom is 0.233 e. The van der Waals surface area contributed by atoms with Crippen LogP contribution in [0.25, 0.3) is 0 Å². The Morgan fingerprint density at radius 1 is 0.919 bits per heavy atom. The number of carbonyl (C=O) groups excluding carboxylic acids is 1. The third-order valence-corrected chi connectivity index (χ3v) is 9.54. The summed E-state index contributed by atoms with van der Waals surface area (Å²) in [6, 6.07) is 10.2. The molecular weight excluding hydrogens is 464 g/mol. The fourth-order valence-electron chi connectivity index (χ4n) is 7.28. The molecule has 0 saturated carbocycles. The van der Waals surface area contributed by atoms with Gasteiger partial charge in [-0.3, -0.25) is 14.6 Å². The van der Waals surface area contributed by atoms with Crippen LogP contribution in [0.2, 0.25) is 0 Å². The molecule has 4 atom stereocenters. The Kier molecular flexibility index (Phi) is 6.79. The Bertz CT molecular complexity index is 968. The number of likely N-dealkylation sites (tertiary alicyclic amines) is 2. The summed E-state index contributed by atoms with van der Waals surface area (Å²) in [5.41, 5.74) is 1.94. The first kappa shape index (κ1) is 25.6. The lowest BCUT2D eigenvalue weighted by Gasteiger charge is -2.38. The largest absolute Gasteiger partial charge is 0.370 e. The van der Waals surface area contributed by atoms with Gasteiger partial charge in [-0.1, -0.05) is 6.42 Å². The van der Waals surface area contributed by atoms with E-state index in [1.165, 1.54) is 37.9 Å². The first-order valence-electron chi connectivity index (χ1n) is 14.7. The fraction of sp³-hybridized carbons (Fsp3) is 0.767. The molecule has 0 radical (unpaired) electrons. The maximum atomic E-state index is 13.7. The Morgan fingerprint density at radius 3 is 2.32 bits per heavy atom. The molecule has 5 heterocycles. The number of piperidine rings is 2. The smallest absolute Gasteiger partial charge is 0.233 e. The Hall–Kier alpha value is -1.67. The number of rotatable bonds is 5. The molecule has 0 aliphatic carbocycles. The van der Waals surface area contributed by atoms with Gasteiger partial charge in [0, 0.05) is 56.2 Å². The van der Waals surface area contributed by atoms with Gasteiger partial charge in [0.2, 0.25) is 5.91 Å². The summed E-state index contributed by atoms with van der Waals surface area (Å²) in [6.07, 6.45) is 8.03. The standard InChI is InChI=1S/C30H46N4O3/c1-22-7-5-6-16-33(22)25-12-17-32(21-25)23-8-10-24(11-9-23)34-20-15-30(28(34)35)13-18-31(19-14-30)26-27(36-26)37-29(2,3)4/h8-11,22,25-27H,5-7,12-21H2,1-4H3/t22-,25-,26?,27?/m0/s1. The zero-order chi connectivity index (χ0) is 25.8. The molecule has 37 heavy (non-hydrogen) atoms. The summed E-state index contributed by atoms with van der Waals surface area (Å²) < 4.78 is 11.8. The van der Waals surface area contributed by atoms with Gasteiger partial charge in [-0.15, -0.1) is 0 Å². The van der Waals surface area contributed by atoms with Crippen molar-refractivity contribution in [2.75, 3.05) is 49.1 Å². The monoisotopic (exact) mass is 510 g/mol.